The third kappa shape index (κ3) is 5.54. The van der Waals surface area contributed by atoms with Crippen LogP contribution in [0.3, 0.4) is 0 Å². The molecular formula is C22H27N3O5S. The van der Waals surface area contributed by atoms with Crippen LogP contribution >= 0.6 is 0 Å². The van der Waals surface area contributed by atoms with E-state index >= 15 is 0 Å². The van der Waals surface area contributed by atoms with Crippen molar-refractivity contribution < 1.29 is 22.7 Å². The molecule has 0 aliphatic heterocycles. The minimum absolute atomic E-state index is 0.0334. The van der Waals surface area contributed by atoms with Crippen molar-refractivity contribution in [3.63, 3.8) is 0 Å². The van der Waals surface area contributed by atoms with Gasteiger partial charge in [0.2, 0.25) is 10.0 Å². The third-order valence-electron chi connectivity index (χ3n) is 4.49. The van der Waals surface area contributed by atoms with Gasteiger partial charge in [0.15, 0.2) is 11.5 Å². The number of nitrogens with zero attached hydrogens (tertiary/aromatic N) is 2. The van der Waals surface area contributed by atoms with Crippen molar-refractivity contribution in [2.24, 2.45) is 0 Å². The molecule has 1 amide bonds. The first-order valence-electron chi connectivity index (χ1n) is 10.1. The first-order valence-corrected chi connectivity index (χ1v) is 11.5. The summed E-state index contributed by atoms with van der Waals surface area (Å²) in [6, 6.07) is 10.9. The average Bonchev–Trinajstić information content (AvgIpc) is 2.76. The Morgan fingerprint density at radius 3 is 2.19 bits per heavy atom. The topological polar surface area (TPSA) is 109 Å². The van der Waals surface area contributed by atoms with E-state index in [2.05, 4.69) is 5.32 Å². The fourth-order valence-corrected chi connectivity index (χ4v) is 4.50. The smallest absolute Gasteiger partial charge is 0.255 e. The van der Waals surface area contributed by atoms with E-state index in [9.17, 15) is 18.5 Å². The number of rotatable bonds is 10. The van der Waals surface area contributed by atoms with Crippen LogP contribution in [0.5, 0.6) is 11.5 Å². The van der Waals surface area contributed by atoms with E-state index in [-0.39, 0.29) is 21.7 Å². The Kier molecular flexibility index (Phi) is 8.42. The molecule has 1 N–H and O–H groups in total. The van der Waals surface area contributed by atoms with Crippen molar-refractivity contribution in [3.8, 4) is 17.6 Å². The first-order chi connectivity index (χ1) is 14.8. The van der Waals surface area contributed by atoms with Crippen molar-refractivity contribution in [1.82, 2.24) is 4.31 Å². The van der Waals surface area contributed by atoms with E-state index in [1.54, 1.807) is 13.8 Å². The molecule has 0 aliphatic carbocycles. The summed E-state index contributed by atoms with van der Waals surface area (Å²) in [7, 11) is -3.70. The maximum Gasteiger partial charge on any atom is 0.255 e. The van der Waals surface area contributed by atoms with E-state index in [1.807, 2.05) is 19.9 Å². The van der Waals surface area contributed by atoms with Crippen molar-refractivity contribution in [2.45, 2.75) is 32.6 Å². The van der Waals surface area contributed by atoms with Gasteiger partial charge in [0.25, 0.3) is 5.91 Å². The molecule has 0 radical (unpaired) electrons. The maximum absolute atomic E-state index is 12.8. The molecule has 8 nitrogen and oxygen atoms in total. The molecule has 0 unspecified atom stereocenters. The lowest BCUT2D eigenvalue weighted by Crippen LogP contribution is -2.30. The Morgan fingerprint density at radius 1 is 1.03 bits per heavy atom. The molecule has 0 bridgehead atoms. The van der Waals surface area contributed by atoms with Crippen LogP contribution in [0.4, 0.5) is 5.69 Å². The normalized spacial score (nSPS) is 11.1. The molecule has 0 saturated carbocycles. The third-order valence-corrected chi connectivity index (χ3v) is 6.54. The lowest BCUT2D eigenvalue weighted by Gasteiger charge is -2.19. The zero-order valence-corrected chi connectivity index (χ0v) is 19.0. The lowest BCUT2D eigenvalue weighted by atomic mass is 10.1. The quantitative estimate of drug-likeness (QED) is 0.598. The first kappa shape index (κ1) is 24.2. The highest BCUT2D eigenvalue weighted by molar-refractivity contribution is 7.89. The number of ether oxygens (including phenoxy) is 2. The van der Waals surface area contributed by atoms with E-state index in [0.29, 0.717) is 37.8 Å². The fourth-order valence-electron chi connectivity index (χ4n) is 3.00. The molecule has 0 aromatic heterocycles. The second kappa shape index (κ2) is 10.8. The molecule has 2 aromatic rings. The van der Waals surface area contributed by atoms with Gasteiger partial charge in [-0.15, -0.1) is 0 Å². The highest BCUT2D eigenvalue weighted by Crippen LogP contribution is 2.34. The van der Waals surface area contributed by atoms with Gasteiger partial charge >= 0.3 is 0 Å². The summed E-state index contributed by atoms with van der Waals surface area (Å²) >= 11 is 0. The van der Waals surface area contributed by atoms with Crippen LogP contribution in [0.2, 0.25) is 0 Å². The van der Waals surface area contributed by atoms with Gasteiger partial charge in [0.05, 0.1) is 29.4 Å². The molecule has 31 heavy (non-hydrogen) atoms. The fraction of sp³-hybridized carbons (Fsp3) is 0.364. The summed E-state index contributed by atoms with van der Waals surface area (Å²) in [5.74, 6) is 0.266. The summed E-state index contributed by atoms with van der Waals surface area (Å²) in [5.41, 5.74) is 0.604. The van der Waals surface area contributed by atoms with Gasteiger partial charge in [-0.1, -0.05) is 19.9 Å². The molecule has 0 saturated heterocycles. The Hall–Kier alpha value is -3.09. The van der Waals surface area contributed by atoms with Crippen molar-refractivity contribution in [3.05, 3.63) is 47.5 Å². The summed E-state index contributed by atoms with van der Waals surface area (Å²) in [6.07, 6.45) is 0. The molecule has 0 fully saturated rings. The SMILES string of the molecule is CCOc1cc(C#N)c(NC(=O)c2cccc(S(=O)(=O)N(CC)CC)c2)cc1OCC. The van der Waals surface area contributed by atoms with Gasteiger partial charge < -0.3 is 14.8 Å². The van der Waals surface area contributed by atoms with Gasteiger partial charge in [-0.25, -0.2) is 8.42 Å². The van der Waals surface area contributed by atoms with E-state index < -0.39 is 15.9 Å². The Bertz CT molecular complexity index is 1070. The number of carbonyl (C=O) groups excluding carboxylic acids is 1. The van der Waals surface area contributed by atoms with Crippen LogP contribution in [0, 0.1) is 11.3 Å². The second-order valence-corrected chi connectivity index (χ2v) is 8.33. The minimum Gasteiger partial charge on any atom is -0.490 e. The Balaban J connectivity index is 2.40. The average molecular weight is 446 g/mol. The molecule has 2 rings (SSSR count). The van der Waals surface area contributed by atoms with Gasteiger partial charge in [-0.3, -0.25) is 4.79 Å². The molecule has 0 aliphatic rings. The maximum atomic E-state index is 12.8. The monoisotopic (exact) mass is 445 g/mol. The van der Waals surface area contributed by atoms with E-state index in [4.69, 9.17) is 9.47 Å². The van der Waals surface area contributed by atoms with Crippen LogP contribution < -0.4 is 14.8 Å². The van der Waals surface area contributed by atoms with Crippen LogP contribution in [-0.2, 0) is 10.0 Å². The summed E-state index contributed by atoms with van der Waals surface area (Å²) in [6.45, 7) is 8.56. The standard InChI is InChI=1S/C22H27N3O5S/c1-5-25(6-2)31(27,28)18-11-9-10-16(12-18)22(26)24-19-14-21(30-8-4)20(29-7-3)13-17(19)15-23/h9-14H,5-8H2,1-4H3,(H,24,26). The number of anilines is 1. The highest BCUT2D eigenvalue weighted by atomic mass is 32.2. The lowest BCUT2D eigenvalue weighted by molar-refractivity contribution is 0.102. The van der Waals surface area contributed by atoms with Crippen LogP contribution in [0.1, 0.15) is 43.6 Å². The number of sulfonamides is 1. The summed E-state index contributed by atoms with van der Waals surface area (Å²) in [4.78, 5) is 12.9. The van der Waals surface area contributed by atoms with Crippen molar-refractivity contribution in [1.29, 1.82) is 5.26 Å². The molecule has 9 heteroatoms. The molecule has 0 atom stereocenters. The van der Waals surface area contributed by atoms with Crippen LogP contribution in [0.25, 0.3) is 0 Å². The Morgan fingerprint density at radius 2 is 1.65 bits per heavy atom. The largest absolute Gasteiger partial charge is 0.490 e. The summed E-state index contributed by atoms with van der Waals surface area (Å²) < 4.78 is 37.9. The number of benzene rings is 2. The second-order valence-electron chi connectivity index (χ2n) is 6.39. The van der Waals surface area contributed by atoms with Gasteiger partial charge in [0.1, 0.15) is 6.07 Å². The molecular weight excluding hydrogens is 418 g/mol. The van der Waals surface area contributed by atoms with Gasteiger partial charge in [-0.05, 0) is 32.0 Å². The van der Waals surface area contributed by atoms with Crippen LogP contribution in [-0.4, -0.2) is 44.9 Å². The van der Waals surface area contributed by atoms with Crippen LogP contribution in [0.15, 0.2) is 41.3 Å². The predicted octanol–water partition coefficient (Wildman–Crippen LogP) is 3.64. The zero-order chi connectivity index (χ0) is 23.0. The number of nitriles is 1. The highest BCUT2D eigenvalue weighted by Gasteiger charge is 2.23. The summed E-state index contributed by atoms with van der Waals surface area (Å²) in [5, 5.41) is 12.2. The molecule has 0 heterocycles. The number of carbonyl (C=O) groups is 1. The number of nitrogens with one attached hydrogen (secondary N) is 1. The molecule has 0 spiro atoms. The number of hydrogen-bond donors (Lipinski definition) is 1. The van der Waals surface area contributed by atoms with E-state index in [0.717, 1.165) is 0 Å². The molecule has 166 valence electrons. The minimum atomic E-state index is -3.70. The predicted molar refractivity (Wildman–Crippen MR) is 118 cm³/mol. The van der Waals surface area contributed by atoms with Crippen molar-refractivity contribution in [2.75, 3.05) is 31.6 Å². The zero-order valence-electron chi connectivity index (χ0n) is 18.1. The number of hydrogen-bond acceptors (Lipinski definition) is 6. The Labute approximate surface area is 183 Å². The van der Waals surface area contributed by atoms with E-state index in [1.165, 1.54) is 40.7 Å². The molecule has 2 aromatic carbocycles. The van der Waals surface area contributed by atoms with Gasteiger partial charge in [0, 0.05) is 30.8 Å². The number of amides is 1. The van der Waals surface area contributed by atoms with Gasteiger partial charge in [-0.2, -0.15) is 9.57 Å². The van der Waals surface area contributed by atoms with Crippen molar-refractivity contribution >= 4 is 21.6 Å².